The topological polar surface area (TPSA) is 130 Å². The van der Waals surface area contributed by atoms with Crippen LogP contribution in [0.5, 0.6) is 5.88 Å². The lowest BCUT2D eigenvalue weighted by molar-refractivity contribution is -0.385. The maximum absolute atomic E-state index is 12.1. The Hall–Kier alpha value is -3.47. The van der Waals surface area contributed by atoms with Gasteiger partial charge in [-0.25, -0.2) is 9.67 Å². The van der Waals surface area contributed by atoms with Crippen LogP contribution in [0.2, 0.25) is 5.02 Å². The Morgan fingerprint density at radius 2 is 2.11 bits per heavy atom. The van der Waals surface area contributed by atoms with Crippen LogP contribution in [0.1, 0.15) is 12.0 Å². The number of nitro groups is 1. The summed E-state index contributed by atoms with van der Waals surface area (Å²) < 4.78 is 7.68. The summed E-state index contributed by atoms with van der Waals surface area (Å²) in [5.74, 6) is -0.306. The van der Waals surface area contributed by atoms with Crippen molar-refractivity contribution in [3.8, 4) is 5.88 Å². The number of aryl methyl sites for hydroxylation is 1. The van der Waals surface area contributed by atoms with Gasteiger partial charge in [0.2, 0.25) is 11.9 Å². The van der Waals surface area contributed by atoms with Gasteiger partial charge in [0.1, 0.15) is 12.5 Å². The maximum Gasteiger partial charge on any atom is 0.350 e. The van der Waals surface area contributed by atoms with E-state index in [1.54, 1.807) is 10.7 Å². The molecule has 0 aliphatic carbocycles. The number of nitrogens with zero attached hydrogens (tertiary/aromatic N) is 6. The number of ether oxygens (including phenoxy) is 1. The number of carbonyl (C=O) groups is 1. The van der Waals surface area contributed by atoms with Gasteiger partial charge in [-0.2, -0.15) is 0 Å². The molecular formula is C16H16ClN7O4. The first-order valence-corrected chi connectivity index (χ1v) is 8.52. The molecule has 1 aromatic carbocycles. The Bertz CT molecular complexity index is 1000. The first-order chi connectivity index (χ1) is 13.5. The fraction of sp³-hybridized carbons (Fsp3) is 0.250. The van der Waals surface area contributed by atoms with E-state index >= 15 is 0 Å². The number of hydrogen-bond donors (Lipinski definition) is 1. The lowest BCUT2D eigenvalue weighted by Crippen LogP contribution is -2.16. The molecule has 0 saturated carbocycles. The number of nitrogens with one attached hydrogen (secondary N) is 1. The van der Waals surface area contributed by atoms with E-state index in [9.17, 15) is 14.9 Å². The van der Waals surface area contributed by atoms with Crippen molar-refractivity contribution in [2.45, 2.75) is 19.5 Å². The van der Waals surface area contributed by atoms with Gasteiger partial charge in [-0.1, -0.05) is 29.8 Å². The number of anilines is 1. The van der Waals surface area contributed by atoms with Crippen molar-refractivity contribution in [1.82, 2.24) is 24.5 Å². The van der Waals surface area contributed by atoms with Crippen LogP contribution >= 0.6 is 11.6 Å². The molecule has 1 N–H and O–H groups in total. The third kappa shape index (κ3) is 4.62. The second kappa shape index (κ2) is 8.48. The largest absolute Gasteiger partial charge is 0.475 e. The molecule has 0 unspecified atom stereocenters. The predicted molar refractivity (Wildman–Crippen MR) is 99.3 cm³/mol. The number of benzene rings is 1. The van der Waals surface area contributed by atoms with Crippen molar-refractivity contribution in [1.29, 1.82) is 0 Å². The molecule has 0 aliphatic rings. The zero-order valence-electron chi connectivity index (χ0n) is 14.8. The van der Waals surface area contributed by atoms with E-state index in [-0.39, 0.29) is 36.4 Å². The minimum absolute atomic E-state index is 0.0288. The smallest absolute Gasteiger partial charge is 0.350 e. The average Bonchev–Trinajstić information content (AvgIpc) is 3.28. The van der Waals surface area contributed by atoms with Crippen molar-refractivity contribution in [2.24, 2.45) is 0 Å². The highest BCUT2D eigenvalue weighted by molar-refractivity contribution is 6.31. The number of halogens is 1. The normalized spacial score (nSPS) is 10.6. The molecule has 12 heteroatoms. The maximum atomic E-state index is 12.1. The molecule has 1 amide bonds. The number of aromatic nitrogens is 5. The van der Waals surface area contributed by atoms with E-state index in [4.69, 9.17) is 16.3 Å². The van der Waals surface area contributed by atoms with Crippen LogP contribution in [0.4, 0.5) is 11.6 Å². The second-order valence-electron chi connectivity index (χ2n) is 5.70. The van der Waals surface area contributed by atoms with Crippen LogP contribution in [0, 0.1) is 10.1 Å². The van der Waals surface area contributed by atoms with E-state index in [0.29, 0.717) is 11.6 Å². The number of rotatable bonds is 8. The zero-order valence-corrected chi connectivity index (χ0v) is 15.5. The molecular weight excluding hydrogens is 390 g/mol. The Kier molecular flexibility index (Phi) is 5.84. The van der Waals surface area contributed by atoms with E-state index < -0.39 is 4.92 Å². The Morgan fingerprint density at radius 3 is 2.79 bits per heavy atom. The molecule has 11 nitrogen and oxygen atoms in total. The van der Waals surface area contributed by atoms with Crippen LogP contribution in [0.3, 0.4) is 0 Å². The quantitative estimate of drug-likeness (QED) is 0.448. The van der Waals surface area contributed by atoms with Gasteiger partial charge in [-0.3, -0.25) is 24.9 Å². The third-order valence-electron chi connectivity index (χ3n) is 3.75. The Balaban J connectivity index is 1.55. The van der Waals surface area contributed by atoms with Crippen molar-refractivity contribution in [2.75, 3.05) is 12.4 Å². The fourth-order valence-corrected chi connectivity index (χ4v) is 2.61. The summed E-state index contributed by atoms with van der Waals surface area (Å²) >= 11 is 6.12. The molecule has 0 bridgehead atoms. The average molecular weight is 406 g/mol. The summed E-state index contributed by atoms with van der Waals surface area (Å²) in [5.41, 5.74) is 0.615. The van der Waals surface area contributed by atoms with Crippen molar-refractivity contribution in [3.63, 3.8) is 0 Å². The number of amides is 1. The van der Waals surface area contributed by atoms with Gasteiger partial charge in [-0.05, 0) is 11.6 Å². The summed E-state index contributed by atoms with van der Waals surface area (Å²) in [5, 5.41) is 22.2. The van der Waals surface area contributed by atoms with Gasteiger partial charge >= 0.3 is 11.6 Å². The first-order valence-electron chi connectivity index (χ1n) is 8.15. The Labute approximate surface area is 164 Å². The van der Waals surface area contributed by atoms with Gasteiger partial charge in [-0.15, -0.1) is 10.2 Å². The fourth-order valence-electron chi connectivity index (χ4n) is 2.41. The second-order valence-corrected chi connectivity index (χ2v) is 6.11. The van der Waals surface area contributed by atoms with Gasteiger partial charge in [0, 0.05) is 11.4 Å². The molecule has 2 aromatic heterocycles. The molecule has 28 heavy (non-hydrogen) atoms. The molecule has 3 aromatic rings. The summed E-state index contributed by atoms with van der Waals surface area (Å²) in [7, 11) is 1.29. The van der Waals surface area contributed by atoms with E-state index in [1.807, 2.05) is 18.2 Å². The summed E-state index contributed by atoms with van der Waals surface area (Å²) in [6, 6.07) is 7.36. The van der Waals surface area contributed by atoms with E-state index in [2.05, 4.69) is 20.5 Å². The van der Waals surface area contributed by atoms with Crippen molar-refractivity contribution >= 4 is 29.1 Å². The number of methoxy groups -OCH3 is 1. The Morgan fingerprint density at radius 1 is 1.32 bits per heavy atom. The number of carbonyl (C=O) groups excluding carboxylic acids is 1. The molecule has 0 aliphatic heterocycles. The van der Waals surface area contributed by atoms with Crippen LogP contribution in [0.25, 0.3) is 0 Å². The molecule has 0 spiro atoms. The lowest BCUT2D eigenvalue weighted by Gasteiger charge is -2.03. The van der Waals surface area contributed by atoms with Crippen LogP contribution in [0.15, 0.2) is 36.8 Å². The lowest BCUT2D eigenvalue weighted by atomic mass is 10.2. The third-order valence-corrected chi connectivity index (χ3v) is 4.11. The van der Waals surface area contributed by atoms with Crippen LogP contribution < -0.4 is 10.1 Å². The number of hydrogen-bond acceptors (Lipinski definition) is 7. The van der Waals surface area contributed by atoms with E-state index in [0.717, 1.165) is 5.56 Å². The molecule has 146 valence electrons. The van der Waals surface area contributed by atoms with Crippen molar-refractivity contribution < 1.29 is 14.5 Å². The van der Waals surface area contributed by atoms with Gasteiger partial charge < -0.3 is 4.74 Å². The van der Waals surface area contributed by atoms with E-state index in [1.165, 1.54) is 24.3 Å². The van der Waals surface area contributed by atoms with Crippen LogP contribution in [-0.4, -0.2) is 42.5 Å². The van der Waals surface area contributed by atoms with Gasteiger partial charge in [0.15, 0.2) is 0 Å². The van der Waals surface area contributed by atoms with Gasteiger partial charge in [0.25, 0.3) is 0 Å². The molecule has 0 saturated heterocycles. The highest BCUT2D eigenvalue weighted by Crippen LogP contribution is 2.24. The first kappa shape index (κ1) is 19.3. The highest BCUT2D eigenvalue weighted by atomic mass is 35.5. The molecule has 0 atom stereocenters. The summed E-state index contributed by atoms with van der Waals surface area (Å²) in [6.07, 6.45) is 2.73. The van der Waals surface area contributed by atoms with Crippen LogP contribution in [-0.2, 0) is 17.9 Å². The monoisotopic (exact) mass is 405 g/mol. The highest BCUT2D eigenvalue weighted by Gasteiger charge is 2.20. The molecule has 0 fully saturated rings. The molecule has 0 radical (unpaired) electrons. The summed E-state index contributed by atoms with van der Waals surface area (Å²) in [4.78, 5) is 26.4. The predicted octanol–water partition coefficient (Wildman–Crippen LogP) is 2.12. The zero-order chi connectivity index (χ0) is 20.1. The van der Waals surface area contributed by atoms with Gasteiger partial charge in [0.05, 0.1) is 25.1 Å². The standard InChI is InChI=1S/C16H16ClN7O4/c1-28-15-13(24(26)27)9-22(20-15)7-6-14(25)19-16-18-10-23(21-16)8-11-4-2-3-5-12(11)17/h2-5,9-10H,6-8H2,1H3,(H,19,21,25). The molecule has 3 rings (SSSR count). The van der Waals surface area contributed by atoms with Crippen molar-refractivity contribution in [3.05, 3.63) is 57.5 Å². The SMILES string of the molecule is COc1nn(CCC(=O)Nc2ncn(Cc3ccccc3Cl)n2)cc1[N+](=O)[O-]. The minimum Gasteiger partial charge on any atom is -0.475 e. The summed E-state index contributed by atoms with van der Waals surface area (Å²) in [6.45, 7) is 0.551. The molecule has 2 heterocycles. The minimum atomic E-state index is -0.599.